The smallest absolute Gasteiger partial charge is 0.347 e. The molecule has 130 valence electrons. The lowest BCUT2D eigenvalue weighted by Gasteiger charge is -2.11. The number of ether oxygens (including phenoxy) is 1. The fraction of sp³-hybridized carbons (Fsp3) is 0.0952. The predicted octanol–water partition coefficient (Wildman–Crippen LogP) is 4.24. The number of phenolic OH excluding ortho intramolecular Hbond substituents is 2. The van der Waals surface area contributed by atoms with Crippen LogP contribution in [0.25, 0.3) is 21.7 Å². The Morgan fingerprint density at radius 2 is 1.77 bits per heavy atom. The minimum absolute atomic E-state index is 0.0122. The Balaban J connectivity index is 1.89. The Bertz CT molecular complexity index is 1180. The number of fused-ring (bicyclic) bond motifs is 3. The van der Waals surface area contributed by atoms with E-state index in [1.54, 1.807) is 19.1 Å². The molecule has 0 amide bonds. The molecule has 0 aliphatic carbocycles. The molecule has 0 bridgehead atoms. The van der Waals surface area contributed by atoms with Crippen LogP contribution in [-0.2, 0) is 6.61 Å². The molecule has 0 aliphatic rings. The van der Waals surface area contributed by atoms with Crippen LogP contribution in [0.4, 0.5) is 0 Å². The van der Waals surface area contributed by atoms with Crippen molar-refractivity contribution in [3.8, 4) is 17.2 Å². The van der Waals surface area contributed by atoms with E-state index in [4.69, 9.17) is 9.15 Å². The number of hydrogen-bond acceptors (Lipinski definition) is 5. The van der Waals surface area contributed by atoms with Gasteiger partial charge in [0.2, 0.25) is 0 Å². The highest BCUT2D eigenvalue weighted by atomic mass is 16.5. The van der Waals surface area contributed by atoms with Gasteiger partial charge in [-0.05, 0) is 30.2 Å². The van der Waals surface area contributed by atoms with Gasteiger partial charge < -0.3 is 19.4 Å². The van der Waals surface area contributed by atoms with Gasteiger partial charge in [-0.25, -0.2) is 4.79 Å². The summed E-state index contributed by atoms with van der Waals surface area (Å²) in [5, 5.41) is 21.4. The van der Waals surface area contributed by atoms with E-state index in [1.807, 2.05) is 30.3 Å². The van der Waals surface area contributed by atoms with Gasteiger partial charge >= 0.3 is 5.63 Å². The van der Waals surface area contributed by atoms with Crippen molar-refractivity contribution < 1.29 is 19.4 Å². The van der Waals surface area contributed by atoms with Crippen molar-refractivity contribution in [2.75, 3.05) is 0 Å². The van der Waals surface area contributed by atoms with Gasteiger partial charge in [-0.2, -0.15) is 0 Å². The van der Waals surface area contributed by atoms with E-state index in [0.29, 0.717) is 23.1 Å². The number of benzene rings is 3. The average Bonchev–Trinajstić information content (AvgIpc) is 2.59. The van der Waals surface area contributed by atoms with E-state index in [-0.39, 0.29) is 22.5 Å². The third kappa shape index (κ3) is 2.73. The first-order valence-electron chi connectivity index (χ1n) is 8.13. The first-order valence-corrected chi connectivity index (χ1v) is 8.13. The molecule has 4 aromatic rings. The van der Waals surface area contributed by atoms with Crippen molar-refractivity contribution in [2.45, 2.75) is 13.5 Å². The first-order chi connectivity index (χ1) is 12.5. The van der Waals surface area contributed by atoms with Crippen LogP contribution in [0.15, 0.2) is 63.8 Å². The van der Waals surface area contributed by atoms with E-state index >= 15 is 0 Å². The van der Waals surface area contributed by atoms with Crippen LogP contribution >= 0.6 is 0 Å². The molecule has 1 aromatic heterocycles. The molecule has 4 rings (SSSR count). The molecule has 0 fully saturated rings. The highest BCUT2D eigenvalue weighted by Gasteiger charge is 2.16. The molecule has 2 N–H and O–H groups in total. The van der Waals surface area contributed by atoms with E-state index in [9.17, 15) is 15.0 Å². The Labute approximate surface area is 148 Å². The monoisotopic (exact) mass is 348 g/mol. The van der Waals surface area contributed by atoms with Gasteiger partial charge in [0.05, 0.1) is 0 Å². The van der Waals surface area contributed by atoms with Gasteiger partial charge in [-0.1, -0.05) is 30.3 Å². The minimum atomic E-state index is -0.662. The van der Waals surface area contributed by atoms with Crippen LogP contribution in [0, 0.1) is 6.92 Å². The van der Waals surface area contributed by atoms with Crippen molar-refractivity contribution in [1.82, 2.24) is 0 Å². The zero-order valence-corrected chi connectivity index (χ0v) is 14.0. The van der Waals surface area contributed by atoms with Gasteiger partial charge in [-0.15, -0.1) is 0 Å². The van der Waals surface area contributed by atoms with Gasteiger partial charge in [-0.3, -0.25) is 0 Å². The Morgan fingerprint density at radius 3 is 2.54 bits per heavy atom. The summed E-state index contributed by atoms with van der Waals surface area (Å²) < 4.78 is 11.1. The Morgan fingerprint density at radius 1 is 1.00 bits per heavy atom. The van der Waals surface area contributed by atoms with Crippen LogP contribution in [0.3, 0.4) is 0 Å². The van der Waals surface area contributed by atoms with Crippen LogP contribution in [-0.4, -0.2) is 10.2 Å². The van der Waals surface area contributed by atoms with Crippen molar-refractivity contribution in [3.63, 3.8) is 0 Å². The third-order valence-corrected chi connectivity index (χ3v) is 4.30. The number of hydrogen-bond donors (Lipinski definition) is 2. The summed E-state index contributed by atoms with van der Waals surface area (Å²) in [5.41, 5.74) is 1.32. The second-order valence-corrected chi connectivity index (χ2v) is 6.16. The Kier molecular flexibility index (Phi) is 3.77. The highest BCUT2D eigenvalue weighted by Crippen LogP contribution is 2.35. The lowest BCUT2D eigenvalue weighted by Crippen LogP contribution is -2.02. The van der Waals surface area contributed by atoms with Crippen molar-refractivity contribution in [2.24, 2.45) is 0 Å². The number of aromatic hydroxyl groups is 2. The first kappa shape index (κ1) is 16.0. The summed E-state index contributed by atoms with van der Waals surface area (Å²) in [7, 11) is 0. The van der Waals surface area contributed by atoms with Crippen LogP contribution < -0.4 is 10.4 Å². The van der Waals surface area contributed by atoms with Gasteiger partial charge in [0.1, 0.15) is 34.8 Å². The van der Waals surface area contributed by atoms with E-state index in [2.05, 4.69) is 0 Å². The molecular weight excluding hydrogens is 332 g/mol. The van der Waals surface area contributed by atoms with Gasteiger partial charge in [0.15, 0.2) is 0 Å². The summed E-state index contributed by atoms with van der Waals surface area (Å²) in [6.45, 7) is 2.14. The molecule has 26 heavy (non-hydrogen) atoms. The maximum atomic E-state index is 12.3. The maximum absolute atomic E-state index is 12.3. The molecule has 0 atom stereocenters. The van der Waals surface area contributed by atoms with Crippen molar-refractivity contribution in [1.29, 1.82) is 0 Å². The van der Waals surface area contributed by atoms with Crippen molar-refractivity contribution in [3.05, 3.63) is 76.1 Å². The zero-order valence-electron chi connectivity index (χ0n) is 14.0. The topological polar surface area (TPSA) is 79.9 Å². The second-order valence-electron chi connectivity index (χ2n) is 6.16. The average molecular weight is 348 g/mol. The minimum Gasteiger partial charge on any atom is -0.508 e. The largest absolute Gasteiger partial charge is 0.508 e. The fourth-order valence-electron chi connectivity index (χ4n) is 3.15. The predicted molar refractivity (Wildman–Crippen MR) is 98.8 cm³/mol. The quantitative estimate of drug-likeness (QED) is 0.427. The molecular formula is C21H16O5. The molecule has 1 heterocycles. The molecule has 5 nitrogen and oxygen atoms in total. The second kappa shape index (κ2) is 6.11. The zero-order chi connectivity index (χ0) is 18.3. The van der Waals surface area contributed by atoms with Crippen molar-refractivity contribution >= 4 is 21.7 Å². The number of phenols is 2. The molecule has 0 unspecified atom stereocenters. The summed E-state index contributed by atoms with van der Waals surface area (Å²) in [4.78, 5) is 12.3. The normalized spacial score (nSPS) is 11.1. The lowest BCUT2D eigenvalue weighted by atomic mass is 10.0. The molecule has 0 saturated heterocycles. The maximum Gasteiger partial charge on any atom is 0.347 e. The SMILES string of the molecule is Cc1cc(O)cc2oc(=O)c3c(O)cc(OCc4ccccc4)cc3c12. The number of aryl methyl sites for hydroxylation is 1. The molecule has 0 aliphatic heterocycles. The molecule has 0 radical (unpaired) electrons. The van der Waals surface area contributed by atoms with E-state index in [1.165, 1.54) is 12.1 Å². The highest BCUT2D eigenvalue weighted by molar-refractivity contribution is 6.08. The number of rotatable bonds is 3. The molecule has 0 spiro atoms. The van der Waals surface area contributed by atoms with Gasteiger partial charge in [0.25, 0.3) is 0 Å². The van der Waals surface area contributed by atoms with Crippen LogP contribution in [0.5, 0.6) is 17.2 Å². The molecule has 3 aromatic carbocycles. The van der Waals surface area contributed by atoms with E-state index < -0.39 is 5.63 Å². The summed E-state index contributed by atoms with van der Waals surface area (Å²) in [6.07, 6.45) is 0. The van der Waals surface area contributed by atoms with Gasteiger partial charge in [0, 0.05) is 22.9 Å². The molecule has 5 heteroatoms. The summed E-state index contributed by atoms with van der Waals surface area (Å²) >= 11 is 0. The lowest BCUT2D eigenvalue weighted by molar-refractivity contribution is 0.305. The fourth-order valence-corrected chi connectivity index (χ4v) is 3.15. The Hall–Kier alpha value is -3.47. The molecule has 0 saturated carbocycles. The summed E-state index contributed by atoms with van der Waals surface area (Å²) in [5.74, 6) is 0.255. The summed E-state index contributed by atoms with van der Waals surface area (Å²) in [6, 6.07) is 15.7. The standard InChI is InChI=1S/C21H16O5/c1-12-7-14(22)8-18-19(12)16-9-15(10-17(23)20(16)21(24)26-18)25-11-13-5-3-2-4-6-13/h2-10,22-23H,11H2,1H3. The van der Waals surface area contributed by atoms with Crippen LogP contribution in [0.1, 0.15) is 11.1 Å². The van der Waals surface area contributed by atoms with E-state index in [0.717, 1.165) is 11.1 Å². The van der Waals surface area contributed by atoms with Crippen LogP contribution in [0.2, 0.25) is 0 Å². The third-order valence-electron chi connectivity index (χ3n) is 4.30.